The van der Waals surface area contributed by atoms with Crippen LogP contribution in [0, 0.1) is 6.92 Å². The third kappa shape index (κ3) is 3.70. The lowest BCUT2D eigenvalue weighted by Crippen LogP contribution is -2.24. The minimum atomic E-state index is 0.0181. The molecule has 0 aliphatic rings. The molecule has 3 heteroatoms. The second-order valence-corrected chi connectivity index (χ2v) is 4.26. The normalized spacial score (nSPS) is 10.1. The van der Waals surface area contributed by atoms with Gasteiger partial charge in [-0.05, 0) is 24.6 Å². The summed E-state index contributed by atoms with van der Waals surface area (Å²) in [5.74, 6) is 0.0181. The predicted octanol–water partition coefficient (Wildman–Crippen LogP) is 2.25. The largest absolute Gasteiger partial charge is 0.350 e. The third-order valence-electron chi connectivity index (χ3n) is 2.68. The fraction of sp³-hybridized carbons (Fsp3) is 0.200. The van der Waals surface area contributed by atoms with Crippen LogP contribution in [0.5, 0.6) is 0 Å². The molecule has 1 amide bonds. The zero-order valence-corrected chi connectivity index (χ0v) is 10.4. The molecule has 1 N–H and O–H groups in total. The first-order chi connectivity index (χ1) is 8.74. The van der Waals surface area contributed by atoms with E-state index >= 15 is 0 Å². The highest BCUT2D eigenvalue weighted by Crippen LogP contribution is 2.03. The second kappa shape index (κ2) is 5.96. The molecule has 0 saturated heterocycles. The Morgan fingerprint density at radius 1 is 1.17 bits per heavy atom. The van der Waals surface area contributed by atoms with Crippen LogP contribution in [0.2, 0.25) is 0 Å². The van der Waals surface area contributed by atoms with Gasteiger partial charge in [0, 0.05) is 6.20 Å². The lowest BCUT2D eigenvalue weighted by atomic mass is 10.1. The number of aryl methyl sites for hydroxylation is 1. The number of rotatable bonds is 4. The molecule has 0 saturated carbocycles. The Morgan fingerprint density at radius 2 is 1.94 bits per heavy atom. The summed E-state index contributed by atoms with van der Waals surface area (Å²) in [5.41, 5.74) is 3.10. The first-order valence-corrected chi connectivity index (χ1v) is 5.96. The summed E-state index contributed by atoms with van der Waals surface area (Å²) in [4.78, 5) is 15.9. The Kier molecular flexibility index (Phi) is 4.07. The van der Waals surface area contributed by atoms with Gasteiger partial charge in [0.25, 0.3) is 0 Å². The molecule has 2 aromatic rings. The number of hydrogen-bond acceptors (Lipinski definition) is 2. The molecule has 1 aromatic heterocycles. The summed E-state index contributed by atoms with van der Waals surface area (Å²) in [7, 11) is 0. The number of pyridine rings is 1. The summed E-state index contributed by atoms with van der Waals surface area (Å²) in [6.45, 7) is 2.51. The van der Waals surface area contributed by atoms with Crippen molar-refractivity contribution in [3.63, 3.8) is 0 Å². The van der Waals surface area contributed by atoms with Crippen LogP contribution in [0.15, 0.2) is 48.7 Å². The molecule has 0 spiro atoms. The minimum Gasteiger partial charge on any atom is -0.350 e. The Morgan fingerprint density at radius 3 is 2.61 bits per heavy atom. The Hall–Kier alpha value is -2.16. The van der Waals surface area contributed by atoms with Crippen LogP contribution in [0.1, 0.15) is 16.8 Å². The van der Waals surface area contributed by atoms with Crippen molar-refractivity contribution in [3.05, 3.63) is 65.5 Å². The predicted molar refractivity (Wildman–Crippen MR) is 71.0 cm³/mol. The van der Waals surface area contributed by atoms with E-state index in [1.165, 1.54) is 5.56 Å². The first-order valence-electron chi connectivity index (χ1n) is 5.96. The van der Waals surface area contributed by atoms with Crippen molar-refractivity contribution in [3.8, 4) is 0 Å². The van der Waals surface area contributed by atoms with Crippen LogP contribution in [-0.2, 0) is 17.8 Å². The fourth-order valence-corrected chi connectivity index (χ4v) is 1.65. The molecular formula is C15H16N2O. The summed E-state index contributed by atoms with van der Waals surface area (Å²) in [6, 6.07) is 13.7. The number of carbonyl (C=O) groups is 1. The van der Waals surface area contributed by atoms with E-state index in [9.17, 15) is 4.79 Å². The number of amides is 1. The quantitative estimate of drug-likeness (QED) is 0.890. The molecule has 0 bridgehead atoms. The van der Waals surface area contributed by atoms with Gasteiger partial charge in [0.15, 0.2) is 0 Å². The van der Waals surface area contributed by atoms with E-state index in [4.69, 9.17) is 0 Å². The molecule has 0 radical (unpaired) electrons. The van der Waals surface area contributed by atoms with Crippen molar-refractivity contribution in [2.45, 2.75) is 19.9 Å². The van der Waals surface area contributed by atoms with Crippen LogP contribution in [0.3, 0.4) is 0 Å². The number of benzene rings is 1. The highest BCUT2D eigenvalue weighted by Gasteiger charge is 2.03. The van der Waals surface area contributed by atoms with Crippen LogP contribution in [-0.4, -0.2) is 10.9 Å². The average Bonchev–Trinajstić information content (AvgIpc) is 2.40. The van der Waals surface area contributed by atoms with Crippen molar-refractivity contribution >= 4 is 5.91 Å². The molecule has 1 aromatic carbocycles. The molecule has 0 fully saturated rings. The number of carbonyl (C=O) groups excluding carboxylic acids is 1. The Labute approximate surface area is 107 Å². The number of hydrogen-bond donors (Lipinski definition) is 1. The number of nitrogens with one attached hydrogen (secondary N) is 1. The van der Waals surface area contributed by atoms with Gasteiger partial charge in [0.05, 0.1) is 18.7 Å². The fourth-order valence-electron chi connectivity index (χ4n) is 1.65. The van der Waals surface area contributed by atoms with E-state index in [1.54, 1.807) is 6.20 Å². The van der Waals surface area contributed by atoms with E-state index in [1.807, 2.05) is 49.4 Å². The standard InChI is InChI=1S/C15H16N2O/c1-12-5-7-13(8-6-12)10-15(18)17-11-14-4-2-3-9-16-14/h2-9H,10-11H2,1H3,(H,17,18). The topological polar surface area (TPSA) is 42.0 Å². The number of nitrogens with zero attached hydrogens (tertiary/aromatic N) is 1. The van der Waals surface area contributed by atoms with Crippen LogP contribution in [0.4, 0.5) is 0 Å². The highest BCUT2D eigenvalue weighted by molar-refractivity contribution is 5.78. The van der Waals surface area contributed by atoms with Crippen molar-refractivity contribution in [1.29, 1.82) is 0 Å². The molecule has 1 heterocycles. The van der Waals surface area contributed by atoms with E-state index in [2.05, 4.69) is 10.3 Å². The van der Waals surface area contributed by atoms with Gasteiger partial charge in [0.2, 0.25) is 5.91 Å². The van der Waals surface area contributed by atoms with E-state index in [-0.39, 0.29) is 5.91 Å². The van der Waals surface area contributed by atoms with Gasteiger partial charge in [-0.2, -0.15) is 0 Å². The molecule has 0 unspecified atom stereocenters. The van der Waals surface area contributed by atoms with Crippen molar-refractivity contribution < 1.29 is 4.79 Å². The lowest BCUT2D eigenvalue weighted by Gasteiger charge is -2.05. The first kappa shape index (κ1) is 12.3. The van der Waals surface area contributed by atoms with Crippen molar-refractivity contribution in [2.24, 2.45) is 0 Å². The maximum absolute atomic E-state index is 11.7. The smallest absolute Gasteiger partial charge is 0.224 e. The van der Waals surface area contributed by atoms with E-state index in [0.29, 0.717) is 13.0 Å². The van der Waals surface area contributed by atoms with E-state index in [0.717, 1.165) is 11.3 Å². The van der Waals surface area contributed by atoms with Crippen LogP contribution in [0.25, 0.3) is 0 Å². The molecule has 0 atom stereocenters. The van der Waals surface area contributed by atoms with Gasteiger partial charge < -0.3 is 5.32 Å². The monoisotopic (exact) mass is 240 g/mol. The Bertz CT molecular complexity index is 506. The molecule has 18 heavy (non-hydrogen) atoms. The molecule has 0 aliphatic heterocycles. The van der Waals surface area contributed by atoms with Gasteiger partial charge in [-0.15, -0.1) is 0 Å². The molecule has 2 rings (SSSR count). The average molecular weight is 240 g/mol. The van der Waals surface area contributed by atoms with Gasteiger partial charge in [-0.1, -0.05) is 35.9 Å². The number of aromatic nitrogens is 1. The van der Waals surface area contributed by atoms with Crippen molar-refractivity contribution in [1.82, 2.24) is 10.3 Å². The summed E-state index contributed by atoms with van der Waals surface area (Å²) in [5, 5.41) is 2.86. The third-order valence-corrected chi connectivity index (χ3v) is 2.68. The van der Waals surface area contributed by atoms with Crippen molar-refractivity contribution in [2.75, 3.05) is 0 Å². The van der Waals surface area contributed by atoms with Crippen LogP contribution < -0.4 is 5.32 Å². The molecule has 0 aliphatic carbocycles. The minimum absolute atomic E-state index is 0.0181. The molecular weight excluding hydrogens is 224 g/mol. The second-order valence-electron chi connectivity index (χ2n) is 4.26. The summed E-state index contributed by atoms with van der Waals surface area (Å²) >= 11 is 0. The van der Waals surface area contributed by atoms with Gasteiger partial charge in [-0.25, -0.2) is 0 Å². The summed E-state index contributed by atoms with van der Waals surface area (Å²) < 4.78 is 0. The van der Waals surface area contributed by atoms with Crippen LogP contribution >= 0.6 is 0 Å². The zero-order chi connectivity index (χ0) is 12.8. The van der Waals surface area contributed by atoms with Gasteiger partial charge >= 0.3 is 0 Å². The summed E-state index contributed by atoms with van der Waals surface area (Å²) in [6.07, 6.45) is 2.13. The highest BCUT2D eigenvalue weighted by atomic mass is 16.1. The maximum Gasteiger partial charge on any atom is 0.224 e. The molecule has 92 valence electrons. The molecule has 3 nitrogen and oxygen atoms in total. The van der Waals surface area contributed by atoms with Gasteiger partial charge in [-0.3, -0.25) is 9.78 Å². The maximum atomic E-state index is 11.7. The van der Waals surface area contributed by atoms with Gasteiger partial charge in [0.1, 0.15) is 0 Å². The SMILES string of the molecule is Cc1ccc(CC(=O)NCc2ccccn2)cc1. The zero-order valence-electron chi connectivity index (χ0n) is 10.4. The Balaban J connectivity index is 1.84. The lowest BCUT2D eigenvalue weighted by molar-refractivity contribution is -0.120. The van der Waals surface area contributed by atoms with E-state index < -0.39 is 0 Å².